The molecule has 2 heterocycles. The van der Waals surface area contributed by atoms with Crippen LogP contribution in [-0.4, -0.2) is 14.5 Å². The summed E-state index contributed by atoms with van der Waals surface area (Å²) in [6, 6.07) is 11.7. The fraction of sp³-hybridized carbons (Fsp3) is 0.188. The molecule has 5 heteroatoms. The van der Waals surface area contributed by atoms with Crippen LogP contribution >= 0.6 is 23.8 Å². The van der Waals surface area contributed by atoms with Crippen molar-refractivity contribution >= 4 is 34.9 Å². The molecule has 21 heavy (non-hydrogen) atoms. The first-order chi connectivity index (χ1) is 10.1. The molecule has 0 N–H and O–H groups in total. The van der Waals surface area contributed by atoms with Crippen LogP contribution in [0.5, 0.6) is 0 Å². The van der Waals surface area contributed by atoms with E-state index in [4.69, 9.17) is 23.8 Å². The van der Waals surface area contributed by atoms with Gasteiger partial charge >= 0.3 is 0 Å². The molecule has 3 nitrogen and oxygen atoms in total. The van der Waals surface area contributed by atoms with E-state index >= 15 is 0 Å². The van der Waals surface area contributed by atoms with E-state index in [0.29, 0.717) is 9.79 Å². The van der Waals surface area contributed by atoms with E-state index < -0.39 is 0 Å². The molecule has 2 aromatic heterocycles. The number of benzene rings is 1. The number of fused-ring (bicyclic) bond motifs is 1. The topological polar surface area (TPSA) is 30.7 Å². The number of pyridine rings is 1. The van der Waals surface area contributed by atoms with Gasteiger partial charge in [-0.15, -0.1) is 0 Å². The molecular formula is C16H14ClN3S. The van der Waals surface area contributed by atoms with E-state index in [0.717, 1.165) is 34.5 Å². The highest BCUT2D eigenvalue weighted by atomic mass is 35.5. The van der Waals surface area contributed by atoms with E-state index in [9.17, 15) is 0 Å². The van der Waals surface area contributed by atoms with E-state index in [1.165, 1.54) is 0 Å². The molecule has 1 aromatic carbocycles. The van der Waals surface area contributed by atoms with Crippen molar-refractivity contribution in [1.82, 2.24) is 14.5 Å². The third-order valence-corrected chi connectivity index (χ3v) is 3.92. The zero-order chi connectivity index (χ0) is 15.0. The Hall–Kier alpha value is -1.78. The van der Waals surface area contributed by atoms with Crippen molar-refractivity contribution in [2.75, 3.05) is 0 Å². The molecule has 3 aromatic rings. The van der Waals surface area contributed by atoms with Crippen LogP contribution in [0.4, 0.5) is 0 Å². The first-order valence-electron chi connectivity index (χ1n) is 6.74. The highest BCUT2D eigenvalue weighted by molar-refractivity contribution is 7.71. The molecule has 0 unspecified atom stereocenters. The van der Waals surface area contributed by atoms with Gasteiger partial charge in [-0.25, -0.2) is 9.97 Å². The van der Waals surface area contributed by atoms with Gasteiger partial charge in [0.25, 0.3) is 0 Å². The molecule has 0 aliphatic carbocycles. The molecule has 0 saturated carbocycles. The van der Waals surface area contributed by atoms with E-state index in [-0.39, 0.29) is 0 Å². The lowest BCUT2D eigenvalue weighted by Gasteiger charge is -2.12. The second kappa shape index (κ2) is 5.54. The van der Waals surface area contributed by atoms with Crippen LogP contribution in [0.25, 0.3) is 22.3 Å². The first-order valence-corrected chi connectivity index (χ1v) is 7.53. The summed E-state index contributed by atoms with van der Waals surface area (Å²) in [5.74, 6) is 0. The number of rotatable bonds is 2. The zero-order valence-electron chi connectivity index (χ0n) is 11.8. The molecule has 0 amide bonds. The lowest BCUT2D eigenvalue weighted by Crippen LogP contribution is -2.06. The first kappa shape index (κ1) is 14.2. The molecule has 0 spiro atoms. The third-order valence-electron chi connectivity index (χ3n) is 3.38. The summed E-state index contributed by atoms with van der Waals surface area (Å²) >= 11 is 11.5. The van der Waals surface area contributed by atoms with Gasteiger partial charge < -0.3 is 4.57 Å². The second-order valence-corrected chi connectivity index (χ2v) is 5.62. The summed E-state index contributed by atoms with van der Waals surface area (Å²) in [5, 5.41) is 1.67. The van der Waals surface area contributed by atoms with Crippen molar-refractivity contribution in [2.45, 2.75) is 20.4 Å². The summed E-state index contributed by atoms with van der Waals surface area (Å²) in [6.07, 6.45) is 0. The van der Waals surface area contributed by atoms with Crippen LogP contribution in [0.3, 0.4) is 0 Å². The highest BCUT2D eigenvalue weighted by Crippen LogP contribution is 2.28. The Labute approximate surface area is 133 Å². The normalized spacial score (nSPS) is 11.0. The van der Waals surface area contributed by atoms with E-state index in [1.807, 2.05) is 54.8 Å². The summed E-state index contributed by atoms with van der Waals surface area (Å²) < 4.78 is 2.49. The summed E-state index contributed by atoms with van der Waals surface area (Å²) in [5.41, 5.74) is 3.61. The van der Waals surface area contributed by atoms with Gasteiger partial charge in [-0.2, -0.15) is 0 Å². The summed E-state index contributed by atoms with van der Waals surface area (Å²) in [4.78, 5) is 9.23. The lowest BCUT2D eigenvalue weighted by atomic mass is 10.1. The van der Waals surface area contributed by atoms with Crippen LogP contribution in [-0.2, 0) is 6.54 Å². The molecule has 0 fully saturated rings. The molecule has 0 bridgehead atoms. The number of hydrogen-bond acceptors (Lipinski definition) is 3. The molecule has 0 radical (unpaired) electrons. The number of nitrogens with zero attached hydrogens (tertiary/aromatic N) is 3. The van der Waals surface area contributed by atoms with Crippen molar-refractivity contribution < 1.29 is 0 Å². The van der Waals surface area contributed by atoms with Crippen LogP contribution < -0.4 is 0 Å². The quantitative estimate of drug-likeness (QED) is 0.636. The Bertz CT molecular complexity index is 886. The fourth-order valence-electron chi connectivity index (χ4n) is 2.38. The maximum absolute atomic E-state index is 6.09. The molecule has 0 aliphatic rings. The summed E-state index contributed by atoms with van der Waals surface area (Å²) in [6.45, 7) is 4.76. The zero-order valence-corrected chi connectivity index (χ0v) is 13.4. The smallest absolute Gasteiger partial charge is 0.201 e. The van der Waals surface area contributed by atoms with Gasteiger partial charge in [-0.3, -0.25) is 0 Å². The van der Waals surface area contributed by atoms with Gasteiger partial charge in [0.1, 0.15) is 5.65 Å². The molecule has 3 rings (SSSR count). The van der Waals surface area contributed by atoms with Gasteiger partial charge in [-0.1, -0.05) is 23.7 Å². The van der Waals surface area contributed by atoms with Gasteiger partial charge in [0.2, 0.25) is 4.77 Å². The highest BCUT2D eigenvalue weighted by Gasteiger charge is 2.11. The lowest BCUT2D eigenvalue weighted by molar-refractivity contribution is 0.744. The van der Waals surface area contributed by atoms with Crippen LogP contribution in [0.1, 0.15) is 12.6 Å². The predicted molar refractivity (Wildman–Crippen MR) is 89.2 cm³/mol. The maximum Gasteiger partial charge on any atom is 0.201 e. The minimum absolute atomic E-state index is 0.540. The van der Waals surface area contributed by atoms with Crippen LogP contribution in [0.2, 0.25) is 5.02 Å². The van der Waals surface area contributed by atoms with E-state index in [1.54, 1.807) is 0 Å². The molecule has 0 atom stereocenters. The Morgan fingerprint density at radius 3 is 2.71 bits per heavy atom. The Morgan fingerprint density at radius 1 is 1.19 bits per heavy atom. The van der Waals surface area contributed by atoms with Gasteiger partial charge in [0.15, 0.2) is 0 Å². The number of halogens is 1. The Morgan fingerprint density at radius 2 is 2.00 bits per heavy atom. The van der Waals surface area contributed by atoms with Crippen molar-refractivity contribution in [3.8, 4) is 11.3 Å². The molecule has 0 saturated heterocycles. The minimum Gasteiger partial charge on any atom is -0.301 e. The van der Waals surface area contributed by atoms with Gasteiger partial charge in [-0.05, 0) is 50.3 Å². The average Bonchev–Trinajstić information content (AvgIpc) is 2.46. The predicted octanol–water partition coefficient (Wildman–Crippen LogP) is 4.81. The van der Waals surface area contributed by atoms with Crippen molar-refractivity contribution in [3.63, 3.8) is 0 Å². The molecule has 0 aliphatic heterocycles. The number of aromatic nitrogens is 3. The average molecular weight is 316 g/mol. The Kier molecular flexibility index (Phi) is 3.74. The number of hydrogen-bond donors (Lipinski definition) is 0. The monoisotopic (exact) mass is 315 g/mol. The Balaban J connectivity index is 2.42. The SMILES string of the molecule is CCn1c(=S)nc(-c2cccc(Cl)c2)c2ccc(C)nc21. The van der Waals surface area contributed by atoms with Crippen molar-refractivity contribution in [2.24, 2.45) is 0 Å². The molecular weight excluding hydrogens is 302 g/mol. The van der Waals surface area contributed by atoms with Crippen LogP contribution in [0, 0.1) is 11.7 Å². The maximum atomic E-state index is 6.09. The third kappa shape index (κ3) is 2.57. The van der Waals surface area contributed by atoms with E-state index in [2.05, 4.69) is 9.97 Å². The second-order valence-electron chi connectivity index (χ2n) is 4.82. The number of aryl methyl sites for hydroxylation is 2. The van der Waals surface area contributed by atoms with Crippen molar-refractivity contribution in [3.05, 3.63) is 51.9 Å². The minimum atomic E-state index is 0.540. The van der Waals surface area contributed by atoms with Gasteiger partial charge in [0, 0.05) is 28.2 Å². The molecule has 106 valence electrons. The summed E-state index contributed by atoms with van der Waals surface area (Å²) in [7, 11) is 0. The largest absolute Gasteiger partial charge is 0.301 e. The van der Waals surface area contributed by atoms with Gasteiger partial charge in [0.05, 0.1) is 5.69 Å². The van der Waals surface area contributed by atoms with Crippen molar-refractivity contribution in [1.29, 1.82) is 0 Å². The standard InChI is InChI=1S/C16H14ClN3S/c1-3-20-15-13(8-7-10(2)18-15)14(19-16(20)21)11-5-4-6-12(17)9-11/h4-9H,3H2,1-2H3. The fourth-order valence-corrected chi connectivity index (χ4v) is 2.88. The van der Waals surface area contributed by atoms with Crippen LogP contribution in [0.15, 0.2) is 36.4 Å².